The van der Waals surface area contributed by atoms with Crippen LogP contribution in [0.3, 0.4) is 0 Å². The van der Waals surface area contributed by atoms with Crippen molar-refractivity contribution in [1.82, 2.24) is 9.55 Å². The third-order valence-corrected chi connectivity index (χ3v) is 15.3. The lowest BCUT2D eigenvalue weighted by Crippen LogP contribution is -2.47. The number of ether oxygens (including phenoxy) is 4. The minimum atomic E-state index is -2.33. The molecule has 288 valence electrons. The fraction of sp³-hybridized carbons (Fsp3) is 0.341. The van der Waals surface area contributed by atoms with E-state index in [0.29, 0.717) is 17.5 Å². The number of methoxy groups -OCH3 is 2. The van der Waals surface area contributed by atoms with E-state index in [1.54, 1.807) is 51.6 Å². The summed E-state index contributed by atoms with van der Waals surface area (Å²) in [6.45, 7) is 13.0. The number of hydrogen-bond donors (Lipinski definition) is 1. The maximum atomic E-state index is 13.7. The lowest BCUT2D eigenvalue weighted by molar-refractivity contribution is -0.0928. The van der Waals surface area contributed by atoms with E-state index in [9.17, 15) is 9.59 Å². The first-order valence-corrected chi connectivity index (χ1v) is 21.4. The fourth-order valence-corrected chi connectivity index (χ4v) is 8.01. The number of rotatable bonds is 13. The van der Waals surface area contributed by atoms with Crippen LogP contribution in [0.1, 0.15) is 66.0 Å². The Morgan fingerprint density at radius 3 is 1.89 bits per heavy atom. The Bertz CT molecular complexity index is 2070. The molecule has 0 aliphatic carbocycles. The molecule has 6 rings (SSSR count). The predicted octanol–water partition coefficient (Wildman–Crippen LogP) is 8.51. The normalized spacial score (nSPS) is 17.5. The highest BCUT2D eigenvalue weighted by Crippen LogP contribution is 2.45. The van der Waals surface area contributed by atoms with Gasteiger partial charge >= 0.3 is 5.69 Å². The summed E-state index contributed by atoms with van der Waals surface area (Å²) in [7, 11) is 0.963. The van der Waals surface area contributed by atoms with Crippen molar-refractivity contribution in [3.8, 4) is 11.5 Å². The molecule has 0 radical (unpaired) electrons. The maximum absolute atomic E-state index is 13.7. The van der Waals surface area contributed by atoms with E-state index < -0.39 is 38.0 Å². The first kappa shape index (κ1) is 39.6. The molecule has 1 fully saturated rings. The second kappa shape index (κ2) is 16.3. The number of anilines is 1. The Balaban J connectivity index is 1.38. The van der Waals surface area contributed by atoms with Crippen LogP contribution in [-0.4, -0.2) is 56.8 Å². The van der Waals surface area contributed by atoms with Crippen LogP contribution in [-0.2, 0) is 19.5 Å². The molecule has 1 aromatic heterocycles. The van der Waals surface area contributed by atoms with Crippen LogP contribution in [0.2, 0.25) is 18.1 Å². The Morgan fingerprint density at radius 1 is 0.836 bits per heavy atom. The molecule has 55 heavy (non-hydrogen) atoms. The summed E-state index contributed by atoms with van der Waals surface area (Å²) < 4.78 is 33.7. The number of carbonyl (C=O) groups excluding carboxylic acids is 1. The third kappa shape index (κ3) is 8.45. The van der Waals surface area contributed by atoms with Crippen LogP contribution >= 0.6 is 0 Å². The molecular weight excluding hydrogens is 711 g/mol. The number of amides is 1. The van der Waals surface area contributed by atoms with Gasteiger partial charge in [0.05, 0.1) is 26.9 Å². The Hall–Kier alpha value is -5.07. The number of aryl methyl sites for hydroxylation is 1. The molecule has 1 saturated heterocycles. The summed E-state index contributed by atoms with van der Waals surface area (Å²) in [5, 5.41) is 2.71. The van der Waals surface area contributed by atoms with E-state index in [4.69, 9.17) is 23.4 Å². The molecule has 3 atom stereocenters. The van der Waals surface area contributed by atoms with Gasteiger partial charge in [-0.25, -0.2) is 4.79 Å². The molecule has 0 unspecified atom stereocenters. The molecule has 11 heteroatoms. The van der Waals surface area contributed by atoms with Crippen LogP contribution in [0.5, 0.6) is 11.5 Å². The van der Waals surface area contributed by atoms with Crippen molar-refractivity contribution >= 4 is 20.0 Å². The number of nitrogens with zero attached hydrogens (tertiary/aromatic N) is 2. The number of benzene rings is 4. The molecule has 0 saturated carbocycles. The molecule has 1 N–H and O–H groups in total. The fourth-order valence-electron chi connectivity index (χ4n) is 6.65. The maximum Gasteiger partial charge on any atom is 0.351 e. The SMILES string of the molecule is COc1ccc(C(OC[C@H]2O[C@@H](n3cc(C)c(NC(=O)c4ccccc4)nc3=O)C[C@H]2O[Si](C)(C)C(C)(C)C)(c2ccccc2)c2ccc(OC)cc2)cc1. The Labute approximate surface area is 324 Å². The van der Waals surface area contributed by atoms with Gasteiger partial charge in [-0.1, -0.05) is 93.6 Å². The average Bonchev–Trinajstić information content (AvgIpc) is 3.58. The van der Waals surface area contributed by atoms with Gasteiger partial charge in [0, 0.05) is 23.7 Å². The molecule has 2 heterocycles. The number of nitrogens with one attached hydrogen (secondary N) is 1. The zero-order valence-electron chi connectivity index (χ0n) is 32.9. The monoisotopic (exact) mass is 761 g/mol. The second-order valence-corrected chi connectivity index (χ2v) is 20.1. The van der Waals surface area contributed by atoms with Gasteiger partial charge in [-0.3, -0.25) is 9.36 Å². The van der Waals surface area contributed by atoms with Crippen molar-refractivity contribution in [2.75, 3.05) is 26.1 Å². The summed E-state index contributed by atoms with van der Waals surface area (Å²) >= 11 is 0. The van der Waals surface area contributed by atoms with Gasteiger partial charge in [0.2, 0.25) is 0 Å². The van der Waals surface area contributed by atoms with Crippen molar-refractivity contribution in [1.29, 1.82) is 0 Å². The highest BCUT2D eigenvalue weighted by molar-refractivity contribution is 6.74. The molecule has 1 aliphatic heterocycles. The lowest BCUT2D eigenvalue weighted by atomic mass is 9.80. The van der Waals surface area contributed by atoms with Crippen molar-refractivity contribution < 1.29 is 28.2 Å². The summed E-state index contributed by atoms with van der Waals surface area (Å²) in [5.41, 5.74) is 2.19. The number of carbonyl (C=O) groups is 1. The van der Waals surface area contributed by atoms with E-state index in [-0.39, 0.29) is 23.4 Å². The van der Waals surface area contributed by atoms with Crippen molar-refractivity contribution in [2.24, 2.45) is 0 Å². The first-order chi connectivity index (χ1) is 26.3. The average molecular weight is 762 g/mol. The topological polar surface area (TPSA) is 110 Å². The van der Waals surface area contributed by atoms with E-state index in [2.05, 4.69) is 56.3 Å². The summed E-state index contributed by atoms with van der Waals surface area (Å²) in [6, 6.07) is 34.7. The molecule has 4 aromatic carbocycles. The highest BCUT2D eigenvalue weighted by Gasteiger charge is 2.47. The highest BCUT2D eigenvalue weighted by atomic mass is 28.4. The van der Waals surface area contributed by atoms with Crippen LogP contribution in [0.15, 0.2) is 120 Å². The minimum absolute atomic E-state index is 0.0793. The lowest BCUT2D eigenvalue weighted by Gasteiger charge is -2.40. The van der Waals surface area contributed by atoms with Gasteiger partial charge < -0.3 is 28.7 Å². The first-order valence-electron chi connectivity index (χ1n) is 18.5. The summed E-state index contributed by atoms with van der Waals surface area (Å²) in [6.07, 6.45) is 0.463. The van der Waals surface area contributed by atoms with E-state index >= 15 is 0 Å². The molecule has 5 aromatic rings. The predicted molar refractivity (Wildman–Crippen MR) is 216 cm³/mol. The minimum Gasteiger partial charge on any atom is -0.497 e. The number of aromatic nitrogens is 2. The molecule has 10 nitrogen and oxygen atoms in total. The van der Waals surface area contributed by atoms with Crippen LogP contribution in [0.4, 0.5) is 5.82 Å². The molecule has 1 aliphatic rings. The second-order valence-electron chi connectivity index (χ2n) is 15.4. The van der Waals surface area contributed by atoms with Gasteiger partial charge in [-0.15, -0.1) is 0 Å². The zero-order chi connectivity index (χ0) is 39.4. The van der Waals surface area contributed by atoms with Gasteiger partial charge in [-0.2, -0.15) is 4.98 Å². The van der Waals surface area contributed by atoms with Gasteiger partial charge in [0.1, 0.15) is 35.2 Å². The molecule has 1 amide bonds. The van der Waals surface area contributed by atoms with E-state index in [1.807, 2.05) is 72.8 Å². The summed E-state index contributed by atoms with van der Waals surface area (Å²) in [5.74, 6) is 1.31. The molecule has 0 bridgehead atoms. The van der Waals surface area contributed by atoms with E-state index in [0.717, 1.165) is 28.2 Å². The third-order valence-electron chi connectivity index (χ3n) is 10.8. The quantitative estimate of drug-likeness (QED) is 0.0940. The van der Waals surface area contributed by atoms with Gasteiger partial charge in [0.25, 0.3) is 5.91 Å². The van der Waals surface area contributed by atoms with Crippen molar-refractivity contribution in [3.05, 3.63) is 154 Å². The van der Waals surface area contributed by atoms with Crippen LogP contribution in [0, 0.1) is 6.92 Å². The molecule has 0 spiro atoms. The van der Waals surface area contributed by atoms with Gasteiger partial charge in [-0.05, 0) is 78.1 Å². The van der Waals surface area contributed by atoms with E-state index in [1.165, 1.54) is 4.57 Å². The number of hydrogen-bond acceptors (Lipinski definition) is 8. The Kier molecular flexibility index (Phi) is 11.8. The van der Waals surface area contributed by atoms with Crippen LogP contribution in [0.25, 0.3) is 0 Å². The van der Waals surface area contributed by atoms with Crippen LogP contribution < -0.4 is 20.5 Å². The van der Waals surface area contributed by atoms with Crippen molar-refractivity contribution in [2.45, 2.75) is 76.3 Å². The largest absolute Gasteiger partial charge is 0.497 e. The molecular formula is C44H51N3O7Si. The summed E-state index contributed by atoms with van der Waals surface area (Å²) in [4.78, 5) is 30.9. The smallest absolute Gasteiger partial charge is 0.351 e. The standard InChI is InChI=1S/C44H51N3O7Si/c1-30-28-47(42(49)46-40(30)45-41(48)31-15-11-9-12-16-31)39-27-37(54-55(7,8)43(2,3)4)38(53-39)29-52-44(32-17-13-10-14-18-32,33-19-23-35(50-5)24-20-33)34-21-25-36(51-6)26-22-34/h9-26,28,37-39H,27,29H2,1-8H3,(H,45,46,48,49)/t37-,38-,39-/m1/s1. The van der Waals surface area contributed by atoms with Gasteiger partial charge in [0.15, 0.2) is 8.32 Å². The zero-order valence-corrected chi connectivity index (χ0v) is 33.9. The Morgan fingerprint density at radius 2 is 1.36 bits per heavy atom. The van der Waals surface area contributed by atoms with Crippen molar-refractivity contribution in [3.63, 3.8) is 0 Å².